The molecule has 0 saturated heterocycles. The number of nitrogens with one attached hydrogen (secondary N) is 1. The molecule has 0 fully saturated rings. The van der Waals surface area contributed by atoms with Gasteiger partial charge in [0, 0.05) is 0 Å². The molecule has 6 heteroatoms. The summed E-state index contributed by atoms with van der Waals surface area (Å²) in [5.74, 6) is -0.323. The van der Waals surface area contributed by atoms with Gasteiger partial charge in [0.1, 0.15) is 6.54 Å². The van der Waals surface area contributed by atoms with Crippen molar-refractivity contribution >= 4 is 21.6 Å². The molecule has 3 rings (SSSR count). The fourth-order valence-corrected chi connectivity index (χ4v) is 4.50. The van der Waals surface area contributed by atoms with E-state index in [9.17, 15) is 13.2 Å². The Bertz CT molecular complexity index is 954. The minimum absolute atomic E-state index is 0.179. The van der Waals surface area contributed by atoms with Crippen LogP contribution in [0.15, 0.2) is 42.5 Å². The monoisotopic (exact) mass is 386 g/mol. The normalized spacial score (nSPS) is 14.5. The van der Waals surface area contributed by atoms with E-state index in [0.717, 1.165) is 34.5 Å². The molecule has 1 aliphatic rings. The molecule has 0 saturated carbocycles. The number of hydrogen-bond donors (Lipinski definition) is 1. The SMILES string of the molecule is Cc1ccccc1N(CC(=O)NC(C)c1ccc2c(c1)CCC2)S(C)(=O)=O. The van der Waals surface area contributed by atoms with Gasteiger partial charge in [-0.25, -0.2) is 8.42 Å². The molecule has 0 radical (unpaired) electrons. The predicted molar refractivity (Wildman–Crippen MR) is 108 cm³/mol. The molecule has 0 aliphatic heterocycles. The highest BCUT2D eigenvalue weighted by Crippen LogP contribution is 2.26. The van der Waals surface area contributed by atoms with Gasteiger partial charge in [0.25, 0.3) is 0 Å². The first-order valence-electron chi connectivity index (χ1n) is 9.20. The summed E-state index contributed by atoms with van der Waals surface area (Å²) in [5.41, 5.74) is 5.12. The van der Waals surface area contributed by atoms with Gasteiger partial charge in [0.2, 0.25) is 15.9 Å². The largest absolute Gasteiger partial charge is 0.348 e. The molecule has 0 spiro atoms. The van der Waals surface area contributed by atoms with Gasteiger partial charge in [-0.15, -0.1) is 0 Å². The quantitative estimate of drug-likeness (QED) is 0.829. The number of carbonyl (C=O) groups excluding carboxylic acids is 1. The van der Waals surface area contributed by atoms with Crippen molar-refractivity contribution in [3.05, 3.63) is 64.7 Å². The van der Waals surface area contributed by atoms with Crippen molar-refractivity contribution in [2.24, 2.45) is 0 Å². The summed E-state index contributed by atoms with van der Waals surface area (Å²) in [5, 5.41) is 2.93. The third-order valence-electron chi connectivity index (χ3n) is 5.07. The highest BCUT2D eigenvalue weighted by Gasteiger charge is 2.23. The van der Waals surface area contributed by atoms with Crippen molar-refractivity contribution in [1.82, 2.24) is 5.32 Å². The molecular weight excluding hydrogens is 360 g/mol. The number of benzene rings is 2. The number of hydrogen-bond acceptors (Lipinski definition) is 3. The Morgan fingerprint density at radius 3 is 2.56 bits per heavy atom. The molecule has 144 valence electrons. The standard InChI is InChI=1S/C21H26N2O3S/c1-15-7-4-5-10-20(15)23(27(3,25)26)14-21(24)22-16(2)18-12-11-17-8-6-9-19(17)13-18/h4-5,7,10-13,16H,6,8-9,14H2,1-3H3,(H,22,24). The van der Waals surface area contributed by atoms with Gasteiger partial charge >= 0.3 is 0 Å². The number of aryl methyl sites for hydroxylation is 3. The van der Waals surface area contributed by atoms with Crippen molar-refractivity contribution < 1.29 is 13.2 Å². The summed E-state index contributed by atoms with van der Waals surface area (Å²) in [6.07, 6.45) is 4.50. The van der Waals surface area contributed by atoms with Crippen LogP contribution in [0.1, 0.15) is 41.6 Å². The Hall–Kier alpha value is -2.34. The molecule has 2 aromatic carbocycles. The molecule has 1 N–H and O–H groups in total. The Morgan fingerprint density at radius 1 is 1.15 bits per heavy atom. The molecule has 0 bridgehead atoms. The topological polar surface area (TPSA) is 66.5 Å². The van der Waals surface area contributed by atoms with Crippen molar-refractivity contribution in [1.29, 1.82) is 0 Å². The molecule has 0 heterocycles. The van der Waals surface area contributed by atoms with E-state index in [4.69, 9.17) is 0 Å². The van der Waals surface area contributed by atoms with Gasteiger partial charge in [-0.05, 0) is 61.4 Å². The third-order valence-corrected chi connectivity index (χ3v) is 6.20. The molecule has 5 nitrogen and oxygen atoms in total. The summed E-state index contributed by atoms with van der Waals surface area (Å²) in [4.78, 5) is 12.6. The highest BCUT2D eigenvalue weighted by atomic mass is 32.2. The molecule has 2 aromatic rings. The number of carbonyl (C=O) groups is 1. The lowest BCUT2D eigenvalue weighted by Gasteiger charge is -2.24. The summed E-state index contributed by atoms with van der Waals surface area (Å²) < 4.78 is 25.7. The van der Waals surface area contributed by atoms with Crippen LogP contribution in [-0.4, -0.2) is 27.1 Å². The van der Waals surface area contributed by atoms with Crippen LogP contribution in [0, 0.1) is 6.92 Å². The van der Waals surface area contributed by atoms with Crippen molar-refractivity contribution in [2.75, 3.05) is 17.1 Å². The fraction of sp³-hybridized carbons (Fsp3) is 0.381. The van der Waals surface area contributed by atoms with Gasteiger partial charge in [0.15, 0.2) is 0 Å². The van der Waals surface area contributed by atoms with Gasteiger partial charge in [-0.3, -0.25) is 9.10 Å². The molecule has 0 aromatic heterocycles. The zero-order valence-corrected chi connectivity index (χ0v) is 16.8. The maximum absolute atomic E-state index is 12.6. The lowest BCUT2D eigenvalue weighted by molar-refractivity contribution is -0.120. The van der Waals surface area contributed by atoms with Crippen LogP contribution in [0.5, 0.6) is 0 Å². The van der Waals surface area contributed by atoms with Crippen LogP contribution in [0.3, 0.4) is 0 Å². The zero-order chi connectivity index (χ0) is 19.6. The lowest BCUT2D eigenvalue weighted by atomic mass is 10.0. The molecule has 1 amide bonds. The average molecular weight is 387 g/mol. The van der Waals surface area contributed by atoms with Gasteiger partial charge in [0.05, 0.1) is 18.0 Å². The first kappa shape index (κ1) is 19.4. The maximum Gasteiger partial charge on any atom is 0.241 e. The second-order valence-corrected chi connectivity index (χ2v) is 9.13. The van der Waals surface area contributed by atoms with Crippen LogP contribution < -0.4 is 9.62 Å². The fourth-order valence-electron chi connectivity index (χ4n) is 3.59. The van der Waals surface area contributed by atoms with E-state index in [1.165, 1.54) is 17.5 Å². The van der Waals surface area contributed by atoms with Gasteiger partial charge in [-0.1, -0.05) is 36.4 Å². The smallest absolute Gasteiger partial charge is 0.241 e. The number of fused-ring (bicyclic) bond motifs is 1. The predicted octanol–water partition coefficient (Wildman–Crippen LogP) is 3.13. The summed E-state index contributed by atoms with van der Waals surface area (Å²) in [6.45, 7) is 3.52. The average Bonchev–Trinajstić information content (AvgIpc) is 3.07. The van der Waals surface area contributed by atoms with E-state index < -0.39 is 10.0 Å². The minimum Gasteiger partial charge on any atom is -0.348 e. The Labute approximate surface area is 161 Å². The summed E-state index contributed by atoms with van der Waals surface area (Å²) in [6, 6.07) is 13.3. The lowest BCUT2D eigenvalue weighted by Crippen LogP contribution is -2.41. The summed E-state index contributed by atoms with van der Waals surface area (Å²) in [7, 11) is -3.57. The molecule has 1 unspecified atom stereocenters. The first-order valence-corrected chi connectivity index (χ1v) is 11.0. The second-order valence-electron chi connectivity index (χ2n) is 7.23. The van der Waals surface area contributed by atoms with Crippen LogP contribution in [-0.2, 0) is 27.7 Å². The Kier molecular flexibility index (Phi) is 5.56. The summed E-state index contributed by atoms with van der Waals surface area (Å²) >= 11 is 0. The third kappa shape index (κ3) is 4.50. The minimum atomic E-state index is -3.57. The number of nitrogens with zero attached hydrogens (tertiary/aromatic N) is 1. The zero-order valence-electron chi connectivity index (χ0n) is 16.0. The number of anilines is 1. The van der Waals surface area contributed by atoms with Crippen LogP contribution in [0.2, 0.25) is 0 Å². The van der Waals surface area contributed by atoms with E-state index >= 15 is 0 Å². The molecular formula is C21H26N2O3S. The van der Waals surface area contributed by atoms with Crippen molar-refractivity contribution in [3.8, 4) is 0 Å². The number of sulfonamides is 1. The van der Waals surface area contributed by atoms with Crippen LogP contribution in [0.4, 0.5) is 5.69 Å². The molecule has 1 atom stereocenters. The van der Waals surface area contributed by atoms with Crippen molar-refractivity contribution in [2.45, 2.75) is 39.2 Å². The van der Waals surface area contributed by atoms with E-state index in [1.54, 1.807) is 12.1 Å². The van der Waals surface area contributed by atoms with E-state index in [1.807, 2.05) is 32.0 Å². The van der Waals surface area contributed by atoms with Crippen molar-refractivity contribution in [3.63, 3.8) is 0 Å². The van der Waals surface area contributed by atoms with Gasteiger partial charge < -0.3 is 5.32 Å². The molecule has 27 heavy (non-hydrogen) atoms. The maximum atomic E-state index is 12.6. The number of amides is 1. The number of rotatable bonds is 6. The van der Waals surface area contributed by atoms with E-state index in [-0.39, 0.29) is 18.5 Å². The Morgan fingerprint density at radius 2 is 1.85 bits per heavy atom. The van der Waals surface area contributed by atoms with Gasteiger partial charge in [-0.2, -0.15) is 0 Å². The van der Waals surface area contributed by atoms with Crippen LogP contribution >= 0.6 is 0 Å². The second kappa shape index (κ2) is 7.72. The molecule has 1 aliphatic carbocycles. The van der Waals surface area contributed by atoms with Crippen LogP contribution in [0.25, 0.3) is 0 Å². The van der Waals surface area contributed by atoms with E-state index in [2.05, 4.69) is 17.4 Å². The first-order chi connectivity index (χ1) is 12.8. The highest BCUT2D eigenvalue weighted by molar-refractivity contribution is 7.92. The Balaban J connectivity index is 1.74. The number of para-hydroxylation sites is 1. The van der Waals surface area contributed by atoms with E-state index in [0.29, 0.717) is 5.69 Å².